The summed E-state index contributed by atoms with van der Waals surface area (Å²) in [6.45, 7) is 3.11. The zero-order valence-corrected chi connectivity index (χ0v) is 16.1. The highest BCUT2D eigenvalue weighted by Gasteiger charge is 2.27. The van der Waals surface area contributed by atoms with E-state index in [0.29, 0.717) is 32.2 Å². The van der Waals surface area contributed by atoms with Gasteiger partial charge in [-0.25, -0.2) is 4.39 Å². The topological polar surface area (TPSA) is 59.6 Å². The van der Waals surface area contributed by atoms with E-state index < -0.39 is 5.82 Å². The van der Waals surface area contributed by atoms with Crippen LogP contribution >= 0.6 is 24.0 Å². The number of nitrogens with one attached hydrogen (secondary N) is 2. The molecule has 1 amide bonds. The molecule has 1 heterocycles. The van der Waals surface area contributed by atoms with E-state index in [9.17, 15) is 9.18 Å². The van der Waals surface area contributed by atoms with E-state index in [0.717, 1.165) is 12.1 Å². The number of benzene rings is 1. The Balaban J connectivity index is 0.00000243. The summed E-state index contributed by atoms with van der Waals surface area (Å²) < 4.78 is 25.1. The lowest BCUT2D eigenvalue weighted by molar-refractivity contribution is -0.126. The van der Waals surface area contributed by atoms with Gasteiger partial charge in [0.15, 0.2) is 0 Å². The Labute approximate surface area is 164 Å². The quantitative estimate of drug-likeness (QED) is 0.730. The van der Waals surface area contributed by atoms with Crippen LogP contribution in [0.2, 0.25) is 5.02 Å². The largest absolute Gasteiger partial charge is 0.372 e. The van der Waals surface area contributed by atoms with Crippen molar-refractivity contribution in [1.82, 2.24) is 10.6 Å². The Morgan fingerprint density at radius 2 is 2.23 bits per heavy atom. The first kappa shape index (κ1) is 21.4. The van der Waals surface area contributed by atoms with Gasteiger partial charge in [0, 0.05) is 25.6 Å². The van der Waals surface area contributed by atoms with Crippen molar-refractivity contribution in [3.05, 3.63) is 34.6 Å². The summed E-state index contributed by atoms with van der Waals surface area (Å²) in [5.74, 6) is 0.0362. The molecule has 8 heteroatoms. The number of carbonyl (C=O) groups is 1. The Bertz CT molecular complexity index is 602. The van der Waals surface area contributed by atoms with Gasteiger partial charge in [0.05, 0.1) is 24.3 Å². The first-order valence-electron chi connectivity index (χ1n) is 8.75. The Kier molecular flexibility index (Phi) is 8.57. The standard InChI is InChI=1S/C18H24ClFN2O3.ClH/c19-15-4-3-13(7-16(15)20)18-14(8-21-5-6-25-18)9-22-17(23)11-24-10-12-1-2-12;/h3-4,7,12,14,18,21H,1-2,5-6,8-11H2,(H,22,23);1H/t14-,18-;/m0./s1. The smallest absolute Gasteiger partial charge is 0.246 e. The third-order valence-electron chi connectivity index (χ3n) is 4.53. The summed E-state index contributed by atoms with van der Waals surface area (Å²) in [6, 6.07) is 4.72. The molecular formula is C18H25Cl2FN2O3. The van der Waals surface area contributed by atoms with Crippen LogP contribution < -0.4 is 10.6 Å². The number of halogens is 3. The minimum absolute atomic E-state index is 0. The Hall–Kier alpha value is -0.920. The summed E-state index contributed by atoms with van der Waals surface area (Å²) in [5.41, 5.74) is 0.731. The van der Waals surface area contributed by atoms with Gasteiger partial charge < -0.3 is 20.1 Å². The molecule has 2 atom stereocenters. The molecule has 5 nitrogen and oxygen atoms in total. The molecule has 1 saturated heterocycles. The number of hydrogen-bond acceptors (Lipinski definition) is 4. The fraction of sp³-hybridized carbons (Fsp3) is 0.611. The van der Waals surface area contributed by atoms with Crippen molar-refractivity contribution < 1.29 is 18.7 Å². The van der Waals surface area contributed by atoms with Crippen molar-refractivity contribution in [2.24, 2.45) is 11.8 Å². The average molecular weight is 407 g/mol. The summed E-state index contributed by atoms with van der Waals surface area (Å²) in [7, 11) is 0. The second kappa shape index (κ2) is 10.4. The minimum Gasteiger partial charge on any atom is -0.372 e. The van der Waals surface area contributed by atoms with Gasteiger partial charge in [-0.05, 0) is 36.5 Å². The zero-order valence-electron chi connectivity index (χ0n) is 14.5. The predicted molar refractivity (Wildman–Crippen MR) is 100 cm³/mol. The van der Waals surface area contributed by atoms with Crippen LogP contribution in [0.25, 0.3) is 0 Å². The number of carbonyl (C=O) groups excluding carboxylic acids is 1. The van der Waals surface area contributed by atoms with Crippen molar-refractivity contribution >= 4 is 29.9 Å². The molecule has 1 aromatic rings. The summed E-state index contributed by atoms with van der Waals surface area (Å²) in [6.07, 6.45) is 2.10. The molecule has 146 valence electrons. The van der Waals surface area contributed by atoms with Crippen LogP contribution in [0.3, 0.4) is 0 Å². The van der Waals surface area contributed by atoms with E-state index in [2.05, 4.69) is 10.6 Å². The van der Waals surface area contributed by atoms with E-state index in [1.165, 1.54) is 25.0 Å². The van der Waals surface area contributed by atoms with Gasteiger partial charge >= 0.3 is 0 Å². The molecule has 2 N–H and O–H groups in total. The first-order chi connectivity index (χ1) is 12.1. The molecule has 2 aliphatic rings. The predicted octanol–water partition coefficient (Wildman–Crippen LogP) is 2.72. The van der Waals surface area contributed by atoms with E-state index in [-0.39, 0.29) is 42.0 Å². The molecule has 3 rings (SSSR count). The fourth-order valence-electron chi connectivity index (χ4n) is 2.92. The molecule has 0 bridgehead atoms. The summed E-state index contributed by atoms with van der Waals surface area (Å²) >= 11 is 5.77. The van der Waals surface area contributed by atoms with Crippen LogP contribution in [0.4, 0.5) is 4.39 Å². The molecule has 0 aromatic heterocycles. The van der Waals surface area contributed by atoms with E-state index >= 15 is 0 Å². The normalized spacial score (nSPS) is 23.0. The number of amides is 1. The number of ether oxygens (including phenoxy) is 2. The molecule has 1 aliphatic heterocycles. The van der Waals surface area contributed by atoms with Crippen LogP contribution in [-0.4, -0.2) is 45.4 Å². The molecule has 1 aromatic carbocycles. The van der Waals surface area contributed by atoms with Gasteiger partial charge in [0.1, 0.15) is 12.4 Å². The molecule has 26 heavy (non-hydrogen) atoms. The third-order valence-corrected chi connectivity index (χ3v) is 4.83. The number of hydrogen-bond donors (Lipinski definition) is 2. The lowest BCUT2D eigenvalue weighted by Crippen LogP contribution is -2.38. The Morgan fingerprint density at radius 1 is 1.42 bits per heavy atom. The van der Waals surface area contributed by atoms with E-state index in [1.807, 2.05) is 0 Å². The van der Waals surface area contributed by atoms with Gasteiger partial charge in [0.25, 0.3) is 0 Å². The minimum atomic E-state index is -0.462. The molecule has 0 unspecified atom stereocenters. The average Bonchev–Trinajstić information content (AvgIpc) is 3.42. The lowest BCUT2D eigenvalue weighted by atomic mass is 9.95. The Morgan fingerprint density at radius 3 is 2.96 bits per heavy atom. The highest BCUT2D eigenvalue weighted by molar-refractivity contribution is 6.30. The van der Waals surface area contributed by atoms with Crippen molar-refractivity contribution in [1.29, 1.82) is 0 Å². The van der Waals surface area contributed by atoms with E-state index in [4.69, 9.17) is 21.1 Å². The molecule has 1 aliphatic carbocycles. The monoisotopic (exact) mass is 406 g/mol. The van der Waals surface area contributed by atoms with E-state index in [1.54, 1.807) is 6.07 Å². The molecule has 1 saturated carbocycles. The molecular weight excluding hydrogens is 382 g/mol. The van der Waals surface area contributed by atoms with Crippen molar-refractivity contribution in [2.45, 2.75) is 18.9 Å². The summed E-state index contributed by atoms with van der Waals surface area (Å²) in [5, 5.41) is 6.27. The second-order valence-electron chi connectivity index (χ2n) is 6.69. The molecule has 0 spiro atoms. The summed E-state index contributed by atoms with van der Waals surface area (Å²) in [4.78, 5) is 11.9. The van der Waals surface area contributed by atoms with Crippen LogP contribution in [0.15, 0.2) is 18.2 Å². The highest BCUT2D eigenvalue weighted by Crippen LogP contribution is 2.30. The maximum Gasteiger partial charge on any atom is 0.246 e. The van der Waals surface area contributed by atoms with Crippen molar-refractivity contribution in [3.63, 3.8) is 0 Å². The lowest BCUT2D eigenvalue weighted by Gasteiger charge is -2.25. The van der Waals surface area contributed by atoms with Gasteiger partial charge in [-0.1, -0.05) is 17.7 Å². The van der Waals surface area contributed by atoms with Crippen molar-refractivity contribution in [3.8, 4) is 0 Å². The second-order valence-corrected chi connectivity index (χ2v) is 7.10. The van der Waals surface area contributed by atoms with Crippen LogP contribution in [-0.2, 0) is 14.3 Å². The van der Waals surface area contributed by atoms with Crippen LogP contribution in [0.5, 0.6) is 0 Å². The zero-order chi connectivity index (χ0) is 17.6. The SMILES string of the molecule is Cl.O=C(COCC1CC1)NC[C@@H]1CNCCO[C@H]1c1ccc(Cl)c(F)c1. The highest BCUT2D eigenvalue weighted by atomic mass is 35.5. The van der Waals surface area contributed by atoms with Crippen LogP contribution in [0, 0.1) is 17.7 Å². The van der Waals surface area contributed by atoms with Crippen molar-refractivity contribution in [2.75, 3.05) is 39.5 Å². The number of rotatable bonds is 7. The first-order valence-corrected chi connectivity index (χ1v) is 9.13. The van der Waals surface area contributed by atoms with Gasteiger partial charge in [-0.2, -0.15) is 0 Å². The van der Waals surface area contributed by atoms with Gasteiger partial charge in [-0.15, -0.1) is 12.4 Å². The van der Waals surface area contributed by atoms with Gasteiger partial charge in [0.2, 0.25) is 5.91 Å². The maximum atomic E-state index is 13.8. The third kappa shape index (κ3) is 6.35. The molecule has 2 fully saturated rings. The van der Waals surface area contributed by atoms with Crippen LogP contribution in [0.1, 0.15) is 24.5 Å². The van der Waals surface area contributed by atoms with Gasteiger partial charge in [-0.3, -0.25) is 4.79 Å². The maximum absolute atomic E-state index is 13.8. The molecule has 0 radical (unpaired) electrons. The fourth-order valence-corrected chi connectivity index (χ4v) is 3.04.